The highest BCUT2D eigenvalue weighted by Gasteiger charge is 2.06. The molecule has 1 atom stereocenters. The van der Waals surface area contributed by atoms with Gasteiger partial charge in [-0.05, 0) is 36.4 Å². The molecule has 0 aliphatic carbocycles. The predicted molar refractivity (Wildman–Crippen MR) is 97.8 cm³/mol. The van der Waals surface area contributed by atoms with Crippen LogP contribution >= 0.6 is 0 Å². The summed E-state index contributed by atoms with van der Waals surface area (Å²) in [5.74, 6) is 1.53. The zero-order chi connectivity index (χ0) is 18.8. The van der Waals surface area contributed by atoms with Crippen molar-refractivity contribution in [2.75, 3.05) is 33.4 Å². The molecular weight excluding hydrogens is 336 g/mol. The van der Waals surface area contributed by atoms with Crippen LogP contribution in [0, 0.1) is 0 Å². The molecule has 0 saturated carbocycles. The number of benzene rings is 2. The summed E-state index contributed by atoms with van der Waals surface area (Å²) in [6.45, 7) is 1.55. The van der Waals surface area contributed by atoms with Gasteiger partial charge >= 0.3 is 0 Å². The molecule has 4 N–H and O–H groups in total. The first-order valence-corrected chi connectivity index (χ1v) is 8.27. The summed E-state index contributed by atoms with van der Waals surface area (Å²) in [7, 11) is 1.59. The normalized spacial score (nSPS) is 11.6. The van der Waals surface area contributed by atoms with Crippen molar-refractivity contribution in [1.29, 1.82) is 0 Å². The fraction of sp³-hybridized carbons (Fsp3) is 0.316. The van der Waals surface area contributed by atoms with Crippen molar-refractivity contribution in [2.24, 2.45) is 5.73 Å². The number of primary amides is 1. The molecule has 0 radical (unpaired) electrons. The molecule has 0 aromatic heterocycles. The number of carbonyl (C=O) groups excluding carboxylic acids is 1. The first-order valence-electron chi connectivity index (χ1n) is 8.27. The molecule has 0 saturated heterocycles. The zero-order valence-corrected chi connectivity index (χ0v) is 14.7. The van der Waals surface area contributed by atoms with Gasteiger partial charge in [0.25, 0.3) is 0 Å². The molecule has 7 nitrogen and oxygen atoms in total. The molecule has 0 aliphatic heterocycles. The van der Waals surface area contributed by atoms with Crippen LogP contribution in [-0.2, 0) is 0 Å². The topological polar surface area (TPSA) is 103 Å². The molecule has 2 aromatic carbocycles. The Kier molecular flexibility index (Phi) is 7.73. The van der Waals surface area contributed by atoms with E-state index in [1.807, 2.05) is 12.1 Å². The number of hydrogen-bond acceptors (Lipinski definition) is 6. The monoisotopic (exact) mass is 360 g/mol. The van der Waals surface area contributed by atoms with Gasteiger partial charge in [-0.2, -0.15) is 0 Å². The number of methoxy groups -OCH3 is 1. The molecule has 140 valence electrons. The summed E-state index contributed by atoms with van der Waals surface area (Å²) >= 11 is 0. The second-order valence-corrected chi connectivity index (χ2v) is 5.59. The molecule has 0 spiro atoms. The van der Waals surface area contributed by atoms with E-state index in [9.17, 15) is 9.90 Å². The Bertz CT molecular complexity index is 691. The lowest BCUT2D eigenvalue weighted by Crippen LogP contribution is -2.33. The lowest BCUT2D eigenvalue weighted by Gasteiger charge is -2.14. The van der Waals surface area contributed by atoms with Crippen LogP contribution < -0.4 is 25.3 Å². The smallest absolute Gasteiger partial charge is 0.248 e. The Morgan fingerprint density at radius 1 is 1.12 bits per heavy atom. The van der Waals surface area contributed by atoms with E-state index in [2.05, 4.69) is 5.32 Å². The van der Waals surface area contributed by atoms with Gasteiger partial charge in [0.2, 0.25) is 5.91 Å². The predicted octanol–water partition coefficient (Wildman–Crippen LogP) is 1.20. The van der Waals surface area contributed by atoms with Gasteiger partial charge in [-0.25, -0.2) is 0 Å². The first kappa shape index (κ1) is 19.6. The molecule has 1 amide bonds. The number of ether oxygens (including phenoxy) is 3. The zero-order valence-electron chi connectivity index (χ0n) is 14.7. The van der Waals surface area contributed by atoms with Crippen LogP contribution in [0.5, 0.6) is 17.2 Å². The maximum atomic E-state index is 11.0. The maximum absolute atomic E-state index is 11.0. The molecule has 0 bridgehead atoms. The van der Waals surface area contributed by atoms with Crippen molar-refractivity contribution in [3.8, 4) is 17.2 Å². The summed E-state index contributed by atoms with van der Waals surface area (Å²) in [5, 5.41) is 13.0. The number of nitrogens with one attached hydrogen (secondary N) is 1. The van der Waals surface area contributed by atoms with Gasteiger partial charge in [0, 0.05) is 24.7 Å². The van der Waals surface area contributed by atoms with Crippen LogP contribution in [-0.4, -0.2) is 50.5 Å². The lowest BCUT2D eigenvalue weighted by atomic mass is 10.2. The van der Waals surface area contributed by atoms with Gasteiger partial charge in [0.05, 0.1) is 7.11 Å². The Labute approximate surface area is 152 Å². The van der Waals surface area contributed by atoms with E-state index in [1.54, 1.807) is 43.5 Å². The molecule has 26 heavy (non-hydrogen) atoms. The molecule has 0 heterocycles. The quantitative estimate of drug-likeness (QED) is 0.521. The van der Waals surface area contributed by atoms with Crippen molar-refractivity contribution in [3.05, 3.63) is 54.1 Å². The summed E-state index contributed by atoms with van der Waals surface area (Å²) in [6, 6.07) is 13.8. The average Bonchev–Trinajstić information content (AvgIpc) is 2.66. The first-order chi connectivity index (χ1) is 12.6. The highest BCUT2D eigenvalue weighted by molar-refractivity contribution is 5.92. The minimum absolute atomic E-state index is 0.176. The van der Waals surface area contributed by atoms with Crippen LogP contribution in [0.15, 0.2) is 48.5 Å². The summed E-state index contributed by atoms with van der Waals surface area (Å²) in [5.41, 5.74) is 5.62. The third kappa shape index (κ3) is 6.62. The number of hydrogen-bond donors (Lipinski definition) is 3. The number of rotatable bonds is 11. The molecular formula is C19H24N2O5. The van der Waals surface area contributed by atoms with Crippen LogP contribution in [0.25, 0.3) is 0 Å². The molecule has 0 fully saturated rings. The summed E-state index contributed by atoms with van der Waals surface area (Å²) in [6.07, 6.45) is -0.643. The van der Waals surface area contributed by atoms with E-state index < -0.39 is 12.0 Å². The Hall–Kier alpha value is -2.77. The van der Waals surface area contributed by atoms with E-state index >= 15 is 0 Å². The Morgan fingerprint density at radius 3 is 2.54 bits per heavy atom. The fourth-order valence-electron chi connectivity index (χ4n) is 2.17. The van der Waals surface area contributed by atoms with Gasteiger partial charge < -0.3 is 30.4 Å². The Morgan fingerprint density at radius 2 is 1.85 bits per heavy atom. The van der Waals surface area contributed by atoms with Crippen LogP contribution in [0.3, 0.4) is 0 Å². The molecule has 2 rings (SSSR count). The van der Waals surface area contributed by atoms with E-state index in [4.69, 9.17) is 19.9 Å². The van der Waals surface area contributed by atoms with Crippen LogP contribution in [0.1, 0.15) is 10.4 Å². The van der Waals surface area contributed by atoms with E-state index in [-0.39, 0.29) is 6.61 Å². The van der Waals surface area contributed by atoms with Crippen molar-refractivity contribution in [1.82, 2.24) is 5.32 Å². The SMILES string of the molecule is COc1cccc(OC[C@@H](O)CNCCOc2ccc(C(N)=O)cc2)c1. The lowest BCUT2D eigenvalue weighted by molar-refractivity contribution is 0.1000. The van der Waals surface area contributed by atoms with Crippen LogP contribution in [0.2, 0.25) is 0 Å². The minimum atomic E-state index is -0.643. The molecule has 0 unspecified atom stereocenters. The summed E-state index contributed by atoms with van der Waals surface area (Å²) < 4.78 is 16.2. The van der Waals surface area contributed by atoms with Gasteiger partial charge in [-0.15, -0.1) is 0 Å². The number of aliphatic hydroxyl groups excluding tert-OH is 1. The summed E-state index contributed by atoms with van der Waals surface area (Å²) in [4.78, 5) is 11.0. The second-order valence-electron chi connectivity index (χ2n) is 5.59. The number of nitrogens with two attached hydrogens (primary N) is 1. The third-order valence-corrected chi connectivity index (χ3v) is 3.55. The van der Waals surface area contributed by atoms with E-state index in [0.29, 0.717) is 42.5 Å². The fourth-order valence-corrected chi connectivity index (χ4v) is 2.17. The highest BCUT2D eigenvalue weighted by atomic mass is 16.5. The van der Waals surface area contributed by atoms with Gasteiger partial charge in [-0.1, -0.05) is 6.07 Å². The molecule has 7 heteroatoms. The van der Waals surface area contributed by atoms with Gasteiger partial charge in [0.1, 0.15) is 36.6 Å². The van der Waals surface area contributed by atoms with Crippen molar-refractivity contribution < 1.29 is 24.1 Å². The number of aliphatic hydroxyl groups is 1. The van der Waals surface area contributed by atoms with Gasteiger partial charge in [0.15, 0.2) is 0 Å². The highest BCUT2D eigenvalue weighted by Crippen LogP contribution is 2.18. The second kappa shape index (κ2) is 10.3. The van der Waals surface area contributed by atoms with Crippen molar-refractivity contribution >= 4 is 5.91 Å². The standard InChI is InChI=1S/C19H24N2O5/c1-24-17-3-2-4-18(11-17)26-13-15(22)12-21-9-10-25-16-7-5-14(6-8-16)19(20)23/h2-8,11,15,21-22H,9-10,12-13H2,1H3,(H2,20,23)/t15-/m0/s1. The van der Waals surface area contributed by atoms with Crippen LogP contribution in [0.4, 0.5) is 0 Å². The minimum Gasteiger partial charge on any atom is -0.497 e. The number of amides is 1. The Balaban J connectivity index is 1.59. The van der Waals surface area contributed by atoms with Crippen molar-refractivity contribution in [3.63, 3.8) is 0 Å². The van der Waals surface area contributed by atoms with E-state index in [0.717, 1.165) is 0 Å². The van der Waals surface area contributed by atoms with Gasteiger partial charge in [-0.3, -0.25) is 4.79 Å². The average molecular weight is 360 g/mol. The largest absolute Gasteiger partial charge is 0.497 e. The van der Waals surface area contributed by atoms with E-state index in [1.165, 1.54) is 0 Å². The third-order valence-electron chi connectivity index (χ3n) is 3.55. The molecule has 2 aromatic rings. The number of carbonyl (C=O) groups is 1. The maximum Gasteiger partial charge on any atom is 0.248 e. The van der Waals surface area contributed by atoms with Crippen molar-refractivity contribution in [2.45, 2.75) is 6.10 Å². The molecule has 0 aliphatic rings.